The van der Waals surface area contributed by atoms with Crippen molar-refractivity contribution >= 4 is 34.5 Å². The van der Waals surface area contributed by atoms with Crippen LogP contribution in [0.4, 0.5) is 0 Å². The van der Waals surface area contributed by atoms with Crippen molar-refractivity contribution in [3.8, 4) is 0 Å². The standard InChI is InChI=1S/C25H44NO4P3/c1-15(9-12-26-23(27-4)30-33)18-5-6-19-22-20(8-11-25(18,19)3)24(2)10-7-17(28-31)13-16(24)14-21(22)29-32/h14-20,22H,5-13,31-33H2,1-4H3/t15-,16+,17-,18-,19+,20+,22+,24+,25-/m1/s1. The first-order chi connectivity index (χ1) is 15.8. The van der Waals surface area contributed by atoms with Crippen molar-refractivity contribution in [1.82, 2.24) is 0 Å². The first-order valence-corrected chi connectivity index (χ1v) is 14.1. The summed E-state index contributed by atoms with van der Waals surface area (Å²) in [7, 11) is 8.88. The summed E-state index contributed by atoms with van der Waals surface area (Å²) in [5.41, 5.74) is 0.739. The van der Waals surface area contributed by atoms with Gasteiger partial charge in [-0.3, -0.25) is 0 Å². The summed E-state index contributed by atoms with van der Waals surface area (Å²) >= 11 is 0. The SMILES string of the molecule is COC(=NCC[C@@H](C)[C@H]1CC[C@H]2[C@@H]3C(OP)=C[C@@H]4C[C@H](OP)CC[C@]4(C)[C@H]3CC[C@]12C)OP. The molecule has 5 nitrogen and oxygen atoms in total. The molecule has 3 saturated carbocycles. The van der Waals surface area contributed by atoms with Gasteiger partial charge in [0.05, 0.1) is 37.9 Å². The molecule has 0 aromatic heterocycles. The van der Waals surface area contributed by atoms with E-state index >= 15 is 0 Å². The topological polar surface area (TPSA) is 49.3 Å². The summed E-state index contributed by atoms with van der Waals surface area (Å²) in [6.07, 6.45) is 13.1. The summed E-state index contributed by atoms with van der Waals surface area (Å²) in [4.78, 5) is 4.46. The van der Waals surface area contributed by atoms with Gasteiger partial charge in [-0.15, -0.1) is 0 Å². The molecule has 0 spiro atoms. The molecular formula is C25H44NO4P3. The smallest absolute Gasteiger partial charge is 0.385 e. The monoisotopic (exact) mass is 515 g/mol. The molecule has 0 aromatic rings. The Morgan fingerprint density at radius 3 is 2.48 bits per heavy atom. The number of aliphatic imine (C=N–C) groups is 1. The third-order valence-electron chi connectivity index (χ3n) is 10.4. The van der Waals surface area contributed by atoms with E-state index in [1.807, 2.05) is 0 Å². The van der Waals surface area contributed by atoms with Gasteiger partial charge in [0, 0.05) is 21.9 Å². The van der Waals surface area contributed by atoms with Crippen molar-refractivity contribution in [3.05, 3.63) is 11.8 Å². The maximum absolute atomic E-state index is 6.07. The molecule has 4 rings (SSSR count). The highest BCUT2D eigenvalue weighted by molar-refractivity contribution is 7.10. The molecule has 4 aliphatic rings. The van der Waals surface area contributed by atoms with Gasteiger partial charge in [0.2, 0.25) is 0 Å². The van der Waals surface area contributed by atoms with Crippen LogP contribution in [-0.2, 0) is 18.3 Å². The highest BCUT2D eigenvalue weighted by Crippen LogP contribution is 2.68. The molecule has 188 valence electrons. The molecule has 0 saturated heterocycles. The van der Waals surface area contributed by atoms with E-state index in [1.54, 1.807) is 7.11 Å². The summed E-state index contributed by atoms with van der Waals surface area (Å²) in [6, 6.07) is 0. The summed E-state index contributed by atoms with van der Waals surface area (Å²) in [5.74, 6) is 5.14. The summed E-state index contributed by atoms with van der Waals surface area (Å²) in [6.45, 7) is 8.34. The van der Waals surface area contributed by atoms with Gasteiger partial charge in [-0.05, 0) is 97.9 Å². The third-order valence-corrected chi connectivity index (χ3v) is 11.2. The normalized spacial score (nSPS) is 43.6. The van der Waals surface area contributed by atoms with E-state index in [4.69, 9.17) is 18.3 Å². The predicted molar refractivity (Wildman–Crippen MR) is 143 cm³/mol. The lowest BCUT2D eigenvalue weighted by Crippen LogP contribution is -2.54. The molecule has 0 bridgehead atoms. The number of fused-ring (bicyclic) bond motifs is 5. The molecule has 3 unspecified atom stereocenters. The fourth-order valence-corrected chi connectivity index (χ4v) is 9.21. The van der Waals surface area contributed by atoms with E-state index in [2.05, 4.69) is 60.2 Å². The molecule has 4 aliphatic carbocycles. The Labute approximate surface area is 207 Å². The van der Waals surface area contributed by atoms with E-state index < -0.39 is 0 Å². The summed E-state index contributed by atoms with van der Waals surface area (Å²) in [5, 5.41) is 0. The van der Waals surface area contributed by atoms with Crippen molar-refractivity contribution in [2.24, 2.45) is 51.3 Å². The van der Waals surface area contributed by atoms with Gasteiger partial charge in [-0.1, -0.05) is 20.8 Å². The quantitative estimate of drug-likeness (QED) is 0.228. The van der Waals surface area contributed by atoms with Gasteiger partial charge in [-0.2, -0.15) is 0 Å². The van der Waals surface area contributed by atoms with E-state index in [-0.39, 0.29) is 0 Å². The van der Waals surface area contributed by atoms with Crippen LogP contribution in [-0.4, -0.2) is 25.8 Å². The average Bonchev–Trinajstić information content (AvgIpc) is 3.18. The first-order valence-electron chi connectivity index (χ1n) is 12.7. The van der Waals surface area contributed by atoms with Crippen LogP contribution < -0.4 is 0 Å². The minimum Gasteiger partial charge on any atom is -0.485 e. The third kappa shape index (κ3) is 4.63. The first kappa shape index (κ1) is 26.1. The van der Waals surface area contributed by atoms with Gasteiger partial charge >= 0.3 is 6.08 Å². The highest BCUT2D eigenvalue weighted by Gasteiger charge is 2.61. The Morgan fingerprint density at radius 2 is 1.82 bits per heavy atom. The van der Waals surface area contributed by atoms with E-state index in [9.17, 15) is 0 Å². The molecule has 0 amide bonds. The number of ether oxygens (including phenoxy) is 1. The zero-order valence-electron chi connectivity index (χ0n) is 20.8. The van der Waals surface area contributed by atoms with Crippen molar-refractivity contribution < 1.29 is 18.3 Å². The highest BCUT2D eigenvalue weighted by atomic mass is 31.0. The molecule has 12 atom stereocenters. The van der Waals surface area contributed by atoms with Crippen LogP contribution in [0, 0.1) is 46.3 Å². The van der Waals surface area contributed by atoms with Gasteiger partial charge in [-0.25, -0.2) is 4.99 Å². The Bertz CT molecular complexity index is 758. The van der Waals surface area contributed by atoms with Crippen LogP contribution in [0.5, 0.6) is 0 Å². The average molecular weight is 516 g/mol. The van der Waals surface area contributed by atoms with Crippen LogP contribution in [0.1, 0.15) is 72.1 Å². The molecule has 8 heteroatoms. The second kappa shape index (κ2) is 10.6. The second-order valence-electron chi connectivity index (χ2n) is 11.5. The lowest BCUT2D eigenvalue weighted by Gasteiger charge is -2.60. The second-order valence-corrected chi connectivity index (χ2v) is 12.3. The van der Waals surface area contributed by atoms with Gasteiger partial charge < -0.3 is 18.3 Å². The van der Waals surface area contributed by atoms with Crippen LogP contribution in [0.3, 0.4) is 0 Å². The number of methoxy groups -OCH3 is 1. The number of nitrogens with zero attached hydrogens (tertiary/aromatic N) is 1. The minimum atomic E-state index is 0.349. The Hall–Kier alpha value is 0.0600. The van der Waals surface area contributed by atoms with E-state index in [1.165, 1.54) is 44.3 Å². The minimum absolute atomic E-state index is 0.349. The zero-order chi connectivity index (χ0) is 23.8. The zero-order valence-corrected chi connectivity index (χ0v) is 24.3. The largest absolute Gasteiger partial charge is 0.485 e. The maximum Gasteiger partial charge on any atom is 0.385 e. The van der Waals surface area contributed by atoms with Crippen LogP contribution in [0.2, 0.25) is 0 Å². The maximum atomic E-state index is 6.07. The van der Waals surface area contributed by atoms with Crippen molar-refractivity contribution in [2.75, 3.05) is 13.7 Å². The van der Waals surface area contributed by atoms with Gasteiger partial charge in [0.15, 0.2) is 0 Å². The fourth-order valence-electron chi connectivity index (χ4n) is 8.56. The molecule has 33 heavy (non-hydrogen) atoms. The number of hydrogen-bond acceptors (Lipinski definition) is 5. The lowest BCUT2D eigenvalue weighted by molar-refractivity contribution is -0.0913. The molecule has 0 heterocycles. The number of rotatable bonds is 6. The van der Waals surface area contributed by atoms with Gasteiger partial charge in [0.25, 0.3) is 0 Å². The molecule has 0 radical (unpaired) electrons. The molecule has 0 aromatic carbocycles. The number of allylic oxidation sites excluding steroid dienone is 2. The Kier molecular flexibility index (Phi) is 8.38. The predicted octanol–water partition coefficient (Wildman–Crippen LogP) is 6.57. The molecule has 3 fully saturated rings. The fraction of sp³-hybridized carbons (Fsp3) is 0.880. The van der Waals surface area contributed by atoms with E-state index in [0.717, 1.165) is 25.3 Å². The molecule has 0 aliphatic heterocycles. The molecular weight excluding hydrogens is 471 g/mol. The number of hydrogen-bond donors (Lipinski definition) is 0. The van der Waals surface area contributed by atoms with Crippen LogP contribution >= 0.6 is 28.4 Å². The van der Waals surface area contributed by atoms with Crippen molar-refractivity contribution in [3.63, 3.8) is 0 Å². The van der Waals surface area contributed by atoms with Crippen LogP contribution in [0.25, 0.3) is 0 Å². The van der Waals surface area contributed by atoms with Gasteiger partial charge in [0.1, 0.15) is 0 Å². The van der Waals surface area contributed by atoms with Crippen molar-refractivity contribution in [1.29, 1.82) is 0 Å². The molecule has 0 N–H and O–H groups in total. The lowest BCUT2D eigenvalue weighted by atomic mass is 9.46. The van der Waals surface area contributed by atoms with Crippen molar-refractivity contribution in [2.45, 2.75) is 78.2 Å². The Morgan fingerprint density at radius 1 is 1.09 bits per heavy atom. The van der Waals surface area contributed by atoms with E-state index in [0.29, 0.717) is 52.6 Å². The van der Waals surface area contributed by atoms with Crippen LogP contribution in [0.15, 0.2) is 16.8 Å². The summed E-state index contributed by atoms with van der Waals surface area (Å²) < 4.78 is 22.0. The Balaban J connectivity index is 1.54.